The minimum Gasteiger partial charge on any atom is -0.351 e. The molecule has 2 aromatic heterocycles. The van der Waals surface area contributed by atoms with Crippen LogP contribution in [0.1, 0.15) is 54.6 Å². The molecular weight excluding hydrogens is 487 g/mol. The molecule has 184 valence electrons. The van der Waals surface area contributed by atoms with Crippen molar-refractivity contribution in [2.24, 2.45) is 0 Å². The van der Waals surface area contributed by atoms with Crippen molar-refractivity contribution in [3.8, 4) is 10.6 Å². The van der Waals surface area contributed by atoms with Crippen LogP contribution >= 0.6 is 22.9 Å². The third kappa shape index (κ3) is 4.74. The fourth-order valence-corrected chi connectivity index (χ4v) is 5.84. The third-order valence-electron chi connectivity index (χ3n) is 7.03. The molecule has 0 saturated heterocycles. The van der Waals surface area contributed by atoms with E-state index in [1.165, 1.54) is 20.9 Å². The van der Waals surface area contributed by atoms with Crippen LogP contribution in [-0.2, 0) is 17.9 Å². The molecule has 1 aromatic carbocycles. The minimum absolute atomic E-state index is 0.0124. The van der Waals surface area contributed by atoms with Crippen LogP contribution in [0.4, 0.5) is 4.39 Å². The first-order chi connectivity index (χ1) is 17.0. The van der Waals surface area contributed by atoms with Crippen molar-refractivity contribution in [3.05, 3.63) is 64.1 Å². The molecule has 1 aliphatic carbocycles. The van der Waals surface area contributed by atoms with E-state index in [-0.39, 0.29) is 19.1 Å². The van der Waals surface area contributed by atoms with E-state index in [0.29, 0.717) is 16.4 Å². The number of rotatable bonds is 6. The molecule has 1 unspecified atom stereocenters. The average molecular weight is 515 g/mol. The van der Waals surface area contributed by atoms with Gasteiger partial charge in [0.05, 0.1) is 11.4 Å². The van der Waals surface area contributed by atoms with Crippen LogP contribution in [0.3, 0.4) is 0 Å². The summed E-state index contributed by atoms with van der Waals surface area (Å²) < 4.78 is 16.6. The van der Waals surface area contributed by atoms with Gasteiger partial charge in [0, 0.05) is 17.6 Å². The summed E-state index contributed by atoms with van der Waals surface area (Å²) >= 11 is 7.56. The first kappa shape index (κ1) is 24.0. The van der Waals surface area contributed by atoms with E-state index in [9.17, 15) is 9.59 Å². The number of aromatic nitrogens is 2. The number of hydrogen-bond donors (Lipinski definition) is 1. The van der Waals surface area contributed by atoms with Crippen molar-refractivity contribution >= 4 is 34.8 Å². The second kappa shape index (κ2) is 10.1. The number of carbonyl (C=O) groups is 2. The SMILES string of the molecule is O=C1c2cc(-c3cccs3)nn2CC(CF)(C(=O)NC2CCCCCC2)N1Cc1ccc(Cl)cc1. The fraction of sp³-hybridized carbons (Fsp3) is 0.423. The Morgan fingerprint density at radius 2 is 1.91 bits per heavy atom. The van der Waals surface area contributed by atoms with Crippen LogP contribution in [0.25, 0.3) is 10.6 Å². The van der Waals surface area contributed by atoms with Crippen molar-refractivity contribution in [1.29, 1.82) is 0 Å². The van der Waals surface area contributed by atoms with E-state index in [0.717, 1.165) is 49.0 Å². The minimum atomic E-state index is -1.69. The van der Waals surface area contributed by atoms with E-state index in [1.807, 2.05) is 17.5 Å². The molecule has 6 nitrogen and oxygen atoms in total. The summed E-state index contributed by atoms with van der Waals surface area (Å²) in [5, 5.41) is 10.2. The maximum Gasteiger partial charge on any atom is 0.273 e. The highest BCUT2D eigenvalue weighted by Crippen LogP contribution is 2.34. The van der Waals surface area contributed by atoms with Gasteiger partial charge in [0.15, 0.2) is 5.54 Å². The van der Waals surface area contributed by atoms with Crippen LogP contribution < -0.4 is 5.32 Å². The van der Waals surface area contributed by atoms with E-state index >= 15 is 4.39 Å². The summed E-state index contributed by atoms with van der Waals surface area (Å²) in [6.45, 7) is -0.946. The zero-order valence-corrected chi connectivity index (χ0v) is 21.0. The topological polar surface area (TPSA) is 67.2 Å². The van der Waals surface area contributed by atoms with E-state index in [2.05, 4.69) is 10.4 Å². The summed E-state index contributed by atoms with van der Waals surface area (Å²) in [5.74, 6) is -0.858. The van der Waals surface area contributed by atoms with Crippen molar-refractivity contribution < 1.29 is 14.0 Å². The number of fused-ring (bicyclic) bond motifs is 1. The monoisotopic (exact) mass is 514 g/mol. The molecule has 1 fully saturated rings. The normalized spacial score (nSPS) is 21.0. The molecule has 0 spiro atoms. The first-order valence-electron chi connectivity index (χ1n) is 12.1. The molecule has 2 amide bonds. The van der Waals surface area contributed by atoms with Gasteiger partial charge < -0.3 is 10.2 Å². The highest BCUT2D eigenvalue weighted by atomic mass is 35.5. The highest BCUT2D eigenvalue weighted by Gasteiger charge is 2.52. The van der Waals surface area contributed by atoms with E-state index < -0.39 is 24.0 Å². The van der Waals surface area contributed by atoms with Crippen LogP contribution in [-0.4, -0.2) is 44.8 Å². The number of benzene rings is 1. The molecule has 3 aromatic rings. The predicted molar refractivity (Wildman–Crippen MR) is 135 cm³/mol. The average Bonchev–Trinajstić information content (AvgIpc) is 3.47. The summed E-state index contributed by atoms with van der Waals surface area (Å²) in [6, 6.07) is 12.6. The first-order valence-corrected chi connectivity index (χ1v) is 13.3. The van der Waals surface area contributed by atoms with Gasteiger partial charge in [-0.3, -0.25) is 14.3 Å². The Morgan fingerprint density at radius 3 is 2.57 bits per heavy atom. The molecule has 0 radical (unpaired) electrons. The van der Waals surface area contributed by atoms with Gasteiger partial charge in [-0.05, 0) is 48.1 Å². The summed E-state index contributed by atoms with van der Waals surface area (Å²) in [6.07, 6.45) is 6.10. The Kier molecular flexibility index (Phi) is 6.93. The lowest BCUT2D eigenvalue weighted by Crippen LogP contribution is -2.67. The Bertz CT molecular complexity index is 1190. The molecular formula is C26H28ClFN4O2S. The largest absolute Gasteiger partial charge is 0.351 e. The van der Waals surface area contributed by atoms with E-state index in [4.69, 9.17) is 11.6 Å². The lowest BCUT2D eigenvalue weighted by atomic mass is 9.92. The van der Waals surface area contributed by atoms with Gasteiger partial charge in [0.2, 0.25) is 0 Å². The maximum atomic E-state index is 15.1. The summed E-state index contributed by atoms with van der Waals surface area (Å²) in [4.78, 5) is 29.9. The van der Waals surface area contributed by atoms with Gasteiger partial charge in [-0.1, -0.05) is 55.5 Å². The Labute approximate surface area is 213 Å². The van der Waals surface area contributed by atoms with Crippen LogP contribution in [0, 0.1) is 0 Å². The molecule has 1 N–H and O–H groups in total. The second-order valence-electron chi connectivity index (χ2n) is 9.39. The Balaban J connectivity index is 1.52. The lowest BCUT2D eigenvalue weighted by molar-refractivity contribution is -0.136. The smallest absolute Gasteiger partial charge is 0.273 e. The number of thiophene rings is 1. The lowest BCUT2D eigenvalue weighted by Gasteiger charge is -2.44. The Hall–Kier alpha value is -2.71. The fourth-order valence-electron chi connectivity index (χ4n) is 5.03. The number of halogens is 2. The molecule has 9 heteroatoms. The number of nitrogens with one attached hydrogen (secondary N) is 1. The maximum absolute atomic E-state index is 15.1. The van der Waals surface area contributed by atoms with Gasteiger partial charge in [0.1, 0.15) is 18.1 Å². The quantitative estimate of drug-likeness (QED) is 0.444. The summed E-state index contributed by atoms with van der Waals surface area (Å²) in [7, 11) is 0. The van der Waals surface area contributed by atoms with Crippen molar-refractivity contribution in [3.63, 3.8) is 0 Å². The molecule has 1 aliphatic heterocycles. The number of nitrogens with zero attached hydrogens (tertiary/aromatic N) is 3. The second-order valence-corrected chi connectivity index (χ2v) is 10.8. The zero-order chi connectivity index (χ0) is 24.4. The zero-order valence-electron chi connectivity index (χ0n) is 19.4. The van der Waals surface area contributed by atoms with Gasteiger partial charge in [-0.15, -0.1) is 11.3 Å². The van der Waals surface area contributed by atoms with Gasteiger partial charge >= 0.3 is 0 Å². The summed E-state index contributed by atoms with van der Waals surface area (Å²) in [5.41, 5.74) is 0.0889. The van der Waals surface area contributed by atoms with Crippen LogP contribution in [0.5, 0.6) is 0 Å². The molecule has 3 heterocycles. The van der Waals surface area contributed by atoms with Crippen molar-refractivity contribution in [2.45, 2.75) is 63.2 Å². The molecule has 2 aliphatic rings. The number of carbonyl (C=O) groups excluding carboxylic acids is 2. The molecule has 1 saturated carbocycles. The Morgan fingerprint density at radius 1 is 1.17 bits per heavy atom. The molecule has 0 bridgehead atoms. The molecule has 35 heavy (non-hydrogen) atoms. The van der Waals surface area contributed by atoms with Gasteiger partial charge in [-0.25, -0.2) is 4.39 Å². The van der Waals surface area contributed by atoms with Crippen LogP contribution in [0.2, 0.25) is 5.02 Å². The van der Waals surface area contributed by atoms with Gasteiger partial charge in [0.25, 0.3) is 11.8 Å². The van der Waals surface area contributed by atoms with Gasteiger partial charge in [-0.2, -0.15) is 5.10 Å². The number of amides is 2. The van der Waals surface area contributed by atoms with Crippen LogP contribution in [0.15, 0.2) is 47.8 Å². The number of alkyl halides is 1. The third-order valence-corrected chi connectivity index (χ3v) is 8.18. The molecule has 5 rings (SSSR count). The standard InChI is InChI=1S/C26H28ClFN4O2S/c27-19-11-9-18(10-12-19)15-31-24(33)22-14-21(23-8-5-13-35-23)30-32(22)17-26(31,16-28)25(34)29-20-6-3-1-2-4-7-20/h5,8-14,20H,1-4,6-7,15-17H2,(H,29,34). The highest BCUT2D eigenvalue weighted by molar-refractivity contribution is 7.13. The molecule has 1 atom stereocenters. The van der Waals surface area contributed by atoms with E-state index in [1.54, 1.807) is 30.3 Å². The number of hydrogen-bond acceptors (Lipinski definition) is 4. The van der Waals surface area contributed by atoms with Crippen molar-refractivity contribution in [2.75, 3.05) is 6.67 Å². The van der Waals surface area contributed by atoms with Crippen molar-refractivity contribution in [1.82, 2.24) is 20.0 Å². The predicted octanol–water partition coefficient (Wildman–Crippen LogP) is 5.47.